The number of carbonyl (C=O) groups is 1. The van der Waals surface area contributed by atoms with Crippen LogP contribution in [0.2, 0.25) is 0 Å². The summed E-state index contributed by atoms with van der Waals surface area (Å²) >= 11 is 3.83. The summed E-state index contributed by atoms with van der Waals surface area (Å²) in [5.74, 6) is -3.26. The zero-order valence-electron chi connectivity index (χ0n) is 13.0. The molecule has 0 aromatic heterocycles. The van der Waals surface area contributed by atoms with Gasteiger partial charge in [-0.1, -0.05) is 15.9 Å². The Morgan fingerprint density at radius 1 is 1.08 bits per heavy atom. The van der Waals surface area contributed by atoms with E-state index in [1.165, 1.54) is 6.42 Å². The molecule has 3 nitrogen and oxygen atoms in total. The van der Waals surface area contributed by atoms with Gasteiger partial charge < -0.3 is 0 Å². The molecule has 2 atom stereocenters. The van der Waals surface area contributed by atoms with E-state index < -0.39 is 22.9 Å². The van der Waals surface area contributed by atoms with Gasteiger partial charge in [0.15, 0.2) is 17.5 Å². The van der Waals surface area contributed by atoms with Gasteiger partial charge in [0.2, 0.25) is 5.91 Å². The van der Waals surface area contributed by atoms with E-state index in [0.717, 1.165) is 44.2 Å². The second kappa shape index (κ2) is 5.38. The van der Waals surface area contributed by atoms with Crippen LogP contribution in [-0.2, 0) is 4.79 Å². The molecule has 24 heavy (non-hydrogen) atoms. The van der Waals surface area contributed by atoms with Crippen molar-refractivity contribution in [3.05, 3.63) is 29.6 Å². The van der Waals surface area contributed by atoms with Crippen molar-refractivity contribution in [2.24, 2.45) is 17.3 Å². The van der Waals surface area contributed by atoms with Gasteiger partial charge in [0.25, 0.3) is 0 Å². The monoisotopic (exact) mass is 402 g/mol. The number of anilines is 1. The molecule has 2 unspecified atom stereocenters. The smallest absolute Gasteiger partial charge is 0.244 e. The fraction of sp³-hybridized carbons (Fsp3) is 0.588. The van der Waals surface area contributed by atoms with Crippen LogP contribution in [0.5, 0.6) is 0 Å². The standard InChI is InChI=1S/C17H18BrF3N2O/c18-17-6-9-3-10(7-17)5-16(4-9,8-17)15(24)23-22-12-2-1-11(19)13(20)14(12)21/h1-2,9-10,22H,3-8H2,(H,23,24). The van der Waals surface area contributed by atoms with Crippen LogP contribution in [0.25, 0.3) is 0 Å². The topological polar surface area (TPSA) is 41.1 Å². The quantitative estimate of drug-likeness (QED) is 0.450. The summed E-state index contributed by atoms with van der Waals surface area (Å²) in [5.41, 5.74) is 4.20. The Morgan fingerprint density at radius 2 is 1.75 bits per heavy atom. The molecule has 4 aliphatic carbocycles. The van der Waals surface area contributed by atoms with Gasteiger partial charge >= 0.3 is 0 Å². The second-order valence-corrected chi connectivity index (χ2v) is 9.38. The number of carbonyl (C=O) groups excluding carboxylic acids is 1. The zero-order chi connectivity index (χ0) is 17.1. The number of nitrogens with one attached hydrogen (secondary N) is 2. The molecule has 0 saturated heterocycles. The van der Waals surface area contributed by atoms with E-state index in [1.807, 2.05) is 0 Å². The highest BCUT2D eigenvalue weighted by atomic mass is 79.9. The van der Waals surface area contributed by atoms with Crippen molar-refractivity contribution in [3.8, 4) is 0 Å². The lowest BCUT2D eigenvalue weighted by atomic mass is 9.49. The molecule has 1 aromatic carbocycles. The molecule has 4 saturated carbocycles. The first-order valence-electron chi connectivity index (χ1n) is 8.19. The Labute approximate surface area is 146 Å². The largest absolute Gasteiger partial charge is 0.296 e. The molecule has 2 N–H and O–H groups in total. The van der Waals surface area contributed by atoms with Crippen molar-refractivity contribution in [2.45, 2.75) is 42.8 Å². The molecular formula is C17H18BrF3N2O. The Hall–Kier alpha value is -1.24. The highest BCUT2D eigenvalue weighted by Gasteiger charge is 2.59. The predicted octanol–water partition coefficient (Wildman–Crippen LogP) is 4.28. The molecule has 0 spiro atoms. The number of hydrogen-bond donors (Lipinski definition) is 2. The zero-order valence-corrected chi connectivity index (χ0v) is 14.6. The third-order valence-electron chi connectivity index (χ3n) is 5.82. The minimum absolute atomic E-state index is 0.0294. The van der Waals surface area contributed by atoms with Gasteiger partial charge in [-0.05, 0) is 62.5 Å². The molecule has 0 heterocycles. The van der Waals surface area contributed by atoms with E-state index in [0.29, 0.717) is 11.8 Å². The summed E-state index contributed by atoms with van der Waals surface area (Å²) in [7, 11) is 0. The minimum atomic E-state index is -1.55. The van der Waals surface area contributed by atoms with E-state index >= 15 is 0 Å². The molecule has 1 amide bonds. The van der Waals surface area contributed by atoms with Crippen LogP contribution in [0.3, 0.4) is 0 Å². The average Bonchev–Trinajstić information content (AvgIpc) is 2.49. The Bertz CT molecular complexity index is 697. The number of hydrazine groups is 1. The number of rotatable bonds is 3. The number of benzene rings is 1. The summed E-state index contributed by atoms with van der Waals surface area (Å²) in [5, 5.41) is 0. The van der Waals surface area contributed by atoms with Gasteiger partial charge in [0.1, 0.15) is 0 Å². The first-order valence-corrected chi connectivity index (χ1v) is 8.98. The summed E-state index contributed by atoms with van der Waals surface area (Å²) in [4.78, 5) is 12.8. The third-order valence-corrected chi connectivity index (χ3v) is 6.75. The SMILES string of the molecule is O=C(NNc1ccc(F)c(F)c1F)C12CC3CC(CC(Br)(C3)C1)C2. The van der Waals surface area contributed by atoms with Gasteiger partial charge in [-0.25, -0.2) is 13.2 Å². The maximum Gasteiger partial charge on any atom is 0.244 e. The molecule has 5 rings (SSSR count). The van der Waals surface area contributed by atoms with Crippen molar-refractivity contribution in [2.75, 3.05) is 5.43 Å². The Balaban J connectivity index is 1.50. The second-order valence-electron chi connectivity index (χ2n) is 7.69. The van der Waals surface area contributed by atoms with Gasteiger partial charge in [-0.3, -0.25) is 15.6 Å². The average molecular weight is 403 g/mol. The van der Waals surface area contributed by atoms with Crippen LogP contribution >= 0.6 is 15.9 Å². The highest BCUT2D eigenvalue weighted by molar-refractivity contribution is 9.10. The molecule has 0 radical (unpaired) electrons. The molecule has 7 heteroatoms. The first kappa shape index (κ1) is 16.2. The molecular weight excluding hydrogens is 385 g/mol. The van der Waals surface area contributed by atoms with E-state index in [4.69, 9.17) is 0 Å². The van der Waals surface area contributed by atoms with Crippen LogP contribution in [0, 0.1) is 34.7 Å². The van der Waals surface area contributed by atoms with Crippen molar-refractivity contribution in [1.29, 1.82) is 0 Å². The van der Waals surface area contributed by atoms with Crippen molar-refractivity contribution < 1.29 is 18.0 Å². The summed E-state index contributed by atoms with van der Waals surface area (Å²) in [6, 6.07) is 1.89. The van der Waals surface area contributed by atoms with Gasteiger partial charge in [-0.15, -0.1) is 0 Å². The third kappa shape index (κ3) is 2.52. The fourth-order valence-electron chi connectivity index (χ4n) is 5.30. The summed E-state index contributed by atoms with van der Waals surface area (Å²) in [6.07, 6.45) is 5.82. The number of hydrogen-bond acceptors (Lipinski definition) is 2. The normalized spacial score (nSPS) is 36.7. The summed E-state index contributed by atoms with van der Waals surface area (Å²) in [6.45, 7) is 0. The van der Waals surface area contributed by atoms with Crippen LogP contribution in [0.15, 0.2) is 12.1 Å². The minimum Gasteiger partial charge on any atom is -0.296 e. The lowest BCUT2D eigenvalue weighted by Gasteiger charge is -2.59. The predicted molar refractivity (Wildman–Crippen MR) is 86.9 cm³/mol. The molecule has 4 aliphatic rings. The van der Waals surface area contributed by atoms with Crippen LogP contribution in [0.1, 0.15) is 38.5 Å². The van der Waals surface area contributed by atoms with Crippen LogP contribution in [-0.4, -0.2) is 10.2 Å². The van der Waals surface area contributed by atoms with Crippen LogP contribution in [0.4, 0.5) is 18.9 Å². The maximum atomic E-state index is 13.7. The van der Waals surface area contributed by atoms with E-state index in [9.17, 15) is 18.0 Å². The molecule has 0 aliphatic heterocycles. The summed E-state index contributed by atoms with van der Waals surface area (Å²) < 4.78 is 40.0. The van der Waals surface area contributed by atoms with Crippen molar-refractivity contribution >= 4 is 27.5 Å². The molecule has 4 bridgehead atoms. The van der Waals surface area contributed by atoms with Gasteiger partial charge in [-0.2, -0.15) is 0 Å². The van der Waals surface area contributed by atoms with Crippen molar-refractivity contribution in [3.63, 3.8) is 0 Å². The maximum absolute atomic E-state index is 13.7. The number of amides is 1. The Morgan fingerprint density at radius 3 is 2.38 bits per heavy atom. The lowest BCUT2D eigenvalue weighted by molar-refractivity contribution is -0.143. The number of halogens is 4. The van der Waals surface area contributed by atoms with E-state index in [2.05, 4.69) is 26.8 Å². The highest BCUT2D eigenvalue weighted by Crippen LogP contribution is 2.64. The molecule has 1 aromatic rings. The molecule has 4 fully saturated rings. The van der Waals surface area contributed by atoms with E-state index in [-0.39, 0.29) is 15.9 Å². The number of alkyl halides is 1. The lowest BCUT2D eigenvalue weighted by Crippen LogP contribution is -2.58. The molecule has 130 valence electrons. The first-order chi connectivity index (χ1) is 11.3. The van der Waals surface area contributed by atoms with Crippen LogP contribution < -0.4 is 10.9 Å². The van der Waals surface area contributed by atoms with Gasteiger partial charge in [0, 0.05) is 4.32 Å². The van der Waals surface area contributed by atoms with Crippen molar-refractivity contribution in [1.82, 2.24) is 5.43 Å². The van der Waals surface area contributed by atoms with Gasteiger partial charge in [0.05, 0.1) is 11.1 Å². The van der Waals surface area contributed by atoms with E-state index in [1.54, 1.807) is 0 Å². The fourth-order valence-corrected chi connectivity index (χ4v) is 6.75. The Kier molecular flexibility index (Phi) is 3.64.